The third kappa shape index (κ3) is 26.0. The molecule has 4 aromatic carbocycles. The number of benzene rings is 4. The molecule has 0 unspecified atom stereocenters. The molecular formula is C75H99FN18O17. The van der Waals surface area contributed by atoms with Crippen LogP contribution in [0.3, 0.4) is 0 Å². The van der Waals surface area contributed by atoms with Crippen molar-refractivity contribution >= 4 is 70.9 Å². The molecule has 0 aliphatic carbocycles. The number of aliphatic hydroxyl groups is 3. The molecule has 35 nitrogen and oxygen atoms in total. The van der Waals surface area contributed by atoms with Gasteiger partial charge in [0.25, 0.3) is 0 Å². The van der Waals surface area contributed by atoms with Gasteiger partial charge in [-0.25, -0.2) is 9.37 Å². The lowest BCUT2D eigenvalue weighted by Gasteiger charge is -2.34. The van der Waals surface area contributed by atoms with Gasteiger partial charge in [-0.05, 0) is 138 Å². The number of nitrogens with zero attached hydrogens (tertiary/aromatic N) is 5. The van der Waals surface area contributed by atoms with E-state index in [0.29, 0.717) is 50.1 Å². The van der Waals surface area contributed by atoms with Crippen molar-refractivity contribution in [3.8, 4) is 16.9 Å². The number of hydrogen-bond acceptors (Lipinski definition) is 21. The summed E-state index contributed by atoms with van der Waals surface area (Å²) in [6, 6.07) is 11.2. The van der Waals surface area contributed by atoms with Crippen molar-refractivity contribution in [2.45, 2.75) is 179 Å². The normalized spacial score (nSPS) is 15.6. The molecule has 2 aromatic heterocycles. The average molecular weight is 1540 g/mol. The van der Waals surface area contributed by atoms with Crippen molar-refractivity contribution in [2.75, 3.05) is 39.4 Å². The molecule has 1 aliphatic heterocycles. The number of aliphatic carboxylic acids is 1. The summed E-state index contributed by atoms with van der Waals surface area (Å²) in [4.78, 5) is 175. The molecule has 1 saturated heterocycles. The van der Waals surface area contributed by atoms with E-state index in [0.717, 1.165) is 78.8 Å². The lowest BCUT2D eigenvalue weighted by Crippen LogP contribution is -2.67. The number of likely N-dealkylation sites (tertiary alicyclic amines) is 1. The van der Waals surface area contributed by atoms with E-state index in [2.05, 4.69) is 78.4 Å². The van der Waals surface area contributed by atoms with E-state index in [1.807, 2.05) is 57.2 Å². The lowest BCUT2D eigenvalue weighted by molar-refractivity contribution is -0.142. The number of carboxylic acids is 1. The maximum atomic E-state index is 15.5. The summed E-state index contributed by atoms with van der Waals surface area (Å²) in [5, 5.41) is 77.3. The molecule has 1 fully saturated rings. The maximum Gasteiger partial charge on any atom is 0.305 e. The predicted octanol–water partition coefficient (Wildman–Crippen LogP) is -1.73. The van der Waals surface area contributed by atoms with Crippen molar-refractivity contribution in [3.63, 3.8) is 0 Å². The number of nitrogens with one attached hydrogen (secondary N) is 11. The Bertz CT molecular complexity index is 4190. The number of unbranched alkanes of at least 4 members (excludes halogenated alkanes) is 1. The highest BCUT2D eigenvalue weighted by Crippen LogP contribution is 2.30. The number of ether oxygens (including phenoxy) is 1. The van der Waals surface area contributed by atoms with Gasteiger partial charge in [0.2, 0.25) is 65.0 Å². The summed E-state index contributed by atoms with van der Waals surface area (Å²) in [6.07, 6.45) is 0.706. The topological polar surface area (TPSA) is 542 Å². The quantitative estimate of drug-likeness (QED) is 0.0149. The van der Waals surface area contributed by atoms with E-state index in [-0.39, 0.29) is 50.2 Å². The zero-order valence-electron chi connectivity index (χ0n) is 62.6. The van der Waals surface area contributed by atoms with E-state index in [1.165, 1.54) is 29.4 Å². The van der Waals surface area contributed by atoms with Crippen LogP contribution in [0.1, 0.15) is 111 Å². The Morgan fingerprint density at radius 1 is 0.730 bits per heavy atom. The Labute approximate surface area is 639 Å². The van der Waals surface area contributed by atoms with Gasteiger partial charge in [-0.2, -0.15) is 5.21 Å². The summed E-state index contributed by atoms with van der Waals surface area (Å²) in [5.74, 6) is -14.9. The van der Waals surface area contributed by atoms with Crippen molar-refractivity contribution in [1.82, 2.24) is 83.3 Å². The second kappa shape index (κ2) is 41.8. The van der Waals surface area contributed by atoms with E-state index in [9.17, 15) is 78.0 Å². The number of imidazole rings is 1. The second-order valence-corrected chi connectivity index (χ2v) is 27.6. The lowest BCUT2D eigenvalue weighted by atomic mass is 9.90. The van der Waals surface area contributed by atoms with Gasteiger partial charge < -0.3 is 94.4 Å². The Balaban J connectivity index is 1.04. The fourth-order valence-electron chi connectivity index (χ4n) is 12.6. The first kappa shape index (κ1) is 86.6. The highest BCUT2D eigenvalue weighted by atomic mass is 19.1. The van der Waals surface area contributed by atoms with E-state index in [4.69, 9.17) is 16.2 Å². The highest BCUT2D eigenvalue weighted by Gasteiger charge is 2.43. The number of carbonyl (C=O) groups excluding carboxylic acids is 11. The highest BCUT2D eigenvalue weighted by molar-refractivity contribution is 6.04. The third-order valence-electron chi connectivity index (χ3n) is 18.6. The van der Waals surface area contributed by atoms with Crippen molar-refractivity contribution in [2.24, 2.45) is 17.4 Å². The molecule has 0 saturated carbocycles. The molecule has 0 radical (unpaired) electrons. The van der Waals surface area contributed by atoms with Gasteiger partial charge in [0.15, 0.2) is 5.82 Å². The van der Waals surface area contributed by atoms with Crippen LogP contribution in [-0.4, -0.2) is 226 Å². The zero-order valence-corrected chi connectivity index (χ0v) is 62.6. The largest absolute Gasteiger partial charge is 0.494 e. The van der Waals surface area contributed by atoms with Crippen LogP contribution in [0.2, 0.25) is 0 Å². The number of hydrogen-bond donors (Lipinski definition) is 17. The number of tetrazole rings is 1. The van der Waals surface area contributed by atoms with Crippen LogP contribution >= 0.6 is 0 Å². The first-order chi connectivity index (χ1) is 52.9. The fraction of sp³-hybridized carbons (Fsp3) is 0.467. The molecule has 0 spiro atoms. The van der Waals surface area contributed by atoms with Crippen molar-refractivity contribution in [1.29, 1.82) is 0 Å². The monoisotopic (exact) mass is 1540 g/mol. The third-order valence-corrected chi connectivity index (χ3v) is 18.6. The molecule has 19 N–H and O–H groups in total. The van der Waals surface area contributed by atoms with Crippen LogP contribution < -0.4 is 64.1 Å². The van der Waals surface area contributed by atoms with Gasteiger partial charge in [0.1, 0.15) is 65.3 Å². The molecule has 111 heavy (non-hydrogen) atoms. The average Bonchev–Trinajstić information content (AvgIpc) is 1.70. The summed E-state index contributed by atoms with van der Waals surface area (Å²) in [5.41, 5.74) is 15.8. The molecular weight excluding hydrogens is 1440 g/mol. The molecule has 36 heteroatoms. The second-order valence-electron chi connectivity index (χ2n) is 27.6. The standard InChI is InChI=1S/C75H99FN18O17/c1-7-47-33-51(111-28-11-10-25-77)21-22-52(47)48-19-17-45(18-20-48)32-56(68(104)82-55(65(78)101)16-12-13-46-30-41(2)29-42(3)31-46)84-69(105)58(35-62(99)100)85-70(106)59(39-95)86-71(107)63(43(4)96)88-74(110)75(6,36-49-14-8-9-15-54(49)76)89-72(108)64(44(5)97)87-61(98)38-80-67(103)57(34-60-90-92-93-91-60)83-66(102)53-24-27-94(73(53)109)26-23-50-37-79-40-81-50/h8-9,14-15,17-22,29-31,33,37,40,43-44,53,55-59,63-64,95-97H,7,10-13,16,23-28,32,34-36,38-39,77H2,1-6H3,(H2,78,101)(H,79,81)(H,80,103)(H,82,104)(H,83,102)(H,84,105)(H,85,106)(H,86,107)(H,87,98)(H,88,110)(H,89,108)(H,99,100)(H,90,91,92,93)/t43-,44-,53-,55+,56+,57+,58+,59+,63+,64+,75+/m1/s1. The van der Waals surface area contributed by atoms with E-state index < -0.39 is 169 Å². The number of amides is 11. The summed E-state index contributed by atoms with van der Waals surface area (Å²) < 4.78 is 21.5. The Morgan fingerprint density at radius 2 is 1.39 bits per heavy atom. The minimum Gasteiger partial charge on any atom is -0.494 e. The Hall–Kier alpha value is -11.6. The molecule has 7 rings (SSSR count). The molecule has 11 atom stereocenters. The number of nitrogens with two attached hydrogens (primary N) is 2. The fourth-order valence-corrected chi connectivity index (χ4v) is 12.6. The van der Waals surface area contributed by atoms with Crippen LogP contribution in [-0.2, 0) is 96.1 Å². The van der Waals surface area contributed by atoms with Gasteiger partial charge in [-0.15, -0.1) is 10.2 Å². The van der Waals surface area contributed by atoms with Gasteiger partial charge >= 0.3 is 5.97 Å². The Morgan fingerprint density at radius 3 is 2.02 bits per heavy atom. The number of halogens is 1. The number of primary amides is 1. The molecule has 3 heterocycles. The van der Waals surface area contributed by atoms with Crippen LogP contribution in [0.4, 0.5) is 4.39 Å². The Kier molecular flexibility index (Phi) is 32.6. The first-order valence-corrected chi connectivity index (χ1v) is 36.4. The maximum absolute atomic E-state index is 15.5. The molecule has 598 valence electrons. The summed E-state index contributed by atoms with van der Waals surface area (Å²) >= 11 is 0. The zero-order chi connectivity index (χ0) is 81.1. The molecule has 6 aromatic rings. The smallest absolute Gasteiger partial charge is 0.305 e. The number of H-pyrrole nitrogens is 2. The minimum atomic E-state index is -2.39. The number of carbonyl (C=O) groups is 12. The van der Waals surface area contributed by atoms with Gasteiger partial charge in [0.05, 0.1) is 44.7 Å². The number of rotatable bonds is 44. The van der Waals surface area contributed by atoms with Crippen molar-refractivity contribution < 1.29 is 87.1 Å². The van der Waals surface area contributed by atoms with E-state index >= 15 is 4.39 Å². The van der Waals surface area contributed by atoms with Crippen molar-refractivity contribution in [3.05, 3.63) is 148 Å². The molecule has 0 bridgehead atoms. The van der Waals surface area contributed by atoms with Crippen LogP contribution in [0.15, 0.2) is 97.5 Å². The SMILES string of the molecule is CCc1cc(OCCCCN)ccc1-c1ccc(C[C@H](NC(=O)[C@H](CC(=O)O)NC(=O)[C@H](CO)NC(=O)[C@@H](NC(=O)[C@](C)(Cc2ccccc2F)NC(=O)[C@@H](NC(=O)CNC(=O)[C@H](Cc2nn[nH]n2)NC(=O)[C@H]2CCN(CCc3cnc[nH]3)C2=O)[C@@H](C)O)[C@@H](C)O)C(=O)N[C@@H](CCCc2cc(C)cc(C)c2)C(N)=O)cc1. The van der Waals surface area contributed by atoms with Gasteiger partial charge in [-0.3, -0.25) is 57.5 Å². The van der Waals surface area contributed by atoms with Crippen LogP contribution in [0.25, 0.3) is 11.1 Å². The minimum absolute atomic E-state index is 0.0400. The molecule has 11 amide bonds. The van der Waals surface area contributed by atoms with Gasteiger partial charge in [-0.1, -0.05) is 90.0 Å². The number of aromatic nitrogens is 6. The molecule has 1 aliphatic rings. The van der Waals surface area contributed by atoms with E-state index in [1.54, 1.807) is 30.5 Å². The summed E-state index contributed by atoms with van der Waals surface area (Å²) in [7, 11) is 0. The number of aryl methyl sites for hydroxylation is 4. The number of aliphatic hydroxyl groups excluding tert-OH is 3. The summed E-state index contributed by atoms with van der Waals surface area (Å²) in [6.45, 7) is 8.44. The number of aromatic amines is 2. The van der Waals surface area contributed by atoms with Crippen LogP contribution in [0, 0.1) is 25.6 Å². The number of carboxylic acid groups (broad SMARTS) is 1. The predicted molar refractivity (Wildman–Crippen MR) is 398 cm³/mol. The van der Waals surface area contributed by atoms with Crippen LogP contribution in [0.5, 0.6) is 5.75 Å². The van der Waals surface area contributed by atoms with Gasteiger partial charge in [0, 0.05) is 50.7 Å². The first-order valence-electron chi connectivity index (χ1n) is 36.4.